The van der Waals surface area contributed by atoms with Gasteiger partial charge in [-0.2, -0.15) is 0 Å². The first-order chi connectivity index (χ1) is 9.60. The molecule has 20 heavy (non-hydrogen) atoms. The molecule has 0 aromatic heterocycles. The van der Waals surface area contributed by atoms with Gasteiger partial charge in [0.1, 0.15) is 5.75 Å². The third-order valence-electron chi connectivity index (χ3n) is 2.73. The van der Waals surface area contributed by atoms with Gasteiger partial charge in [-0.1, -0.05) is 6.07 Å². The van der Waals surface area contributed by atoms with Crippen molar-refractivity contribution in [3.63, 3.8) is 0 Å². The fraction of sp³-hybridized carbons (Fsp3) is 0.133. The monoisotopic (exact) mass is 271 g/mol. The number of nitrogens with two attached hydrogens (primary N) is 2. The Labute approximate surface area is 117 Å². The minimum absolute atomic E-state index is 0.354. The van der Waals surface area contributed by atoms with E-state index >= 15 is 0 Å². The lowest BCUT2D eigenvalue weighted by atomic mass is 10.1. The van der Waals surface area contributed by atoms with Crippen molar-refractivity contribution in [1.29, 1.82) is 0 Å². The third-order valence-corrected chi connectivity index (χ3v) is 2.73. The Hall–Kier alpha value is -2.69. The number of nitrogens with one attached hydrogen (secondary N) is 1. The summed E-state index contributed by atoms with van der Waals surface area (Å²) >= 11 is 0. The second-order valence-electron chi connectivity index (χ2n) is 4.26. The van der Waals surface area contributed by atoms with Gasteiger partial charge in [-0.25, -0.2) is 0 Å². The molecular formula is C15H17N3O2. The molecule has 5 nitrogen and oxygen atoms in total. The minimum atomic E-state index is -0.527. The highest BCUT2D eigenvalue weighted by Gasteiger charge is 2.09. The summed E-state index contributed by atoms with van der Waals surface area (Å²) < 4.78 is 5.43. The quantitative estimate of drug-likeness (QED) is 0.729. The number of carbonyl (C=O) groups is 1. The number of hydrogen-bond donors (Lipinski definition) is 3. The number of primary amides is 1. The summed E-state index contributed by atoms with van der Waals surface area (Å²) in [5.74, 6) is 0.231. The third kappa shape index (κ3) is 3.20. The van der Waals surface area contributed by atoms with Crippen molar-refractivity contribution >= 4 is 23.0 Å². The molecule has 1 amide bonds. The zero-order valence-electron chi connectivity index (χ0n) is 11.2. The SMILES string of the molecule is CCOc1cccc(Nc2ccc(N)cc2C(N)=O)c1. The smallest absolute Gasteiger partial charge is 0.250 e. The van der Waals surface area contributed by atoms with E-state index in [1.807, 2.05) is 31.2 Å². The van der Waals surface area contributed by atoms with Crippen molar-refractivity contribution in [2.24, 2.45) is 5.73 Å². The van der Waals surface area contributed by atoms with Gasteiger partial charge in [0, 0.05) is 17.4 Å². The van der Waals surface area contributed by atoms with Crippen LogP contribution >= 0.6 is 0 Å². The molecular weight excluding hydrogens is 254 g/mol. The first kappa shape index (κ1) is 13.7. The van der Waals surface area contributed by atoms with Gasteiger partial charge in [0.2, 0.25) is 0 Å². The molecule has 0 heterocycles. The molecule has 0 spiro atoms. The zero-order chi connectivity index (χ0) is 14.5. The molecule has 5 N–H and O–H groups in total. The molecule has 2 aromatic carbocycles. The number of ether oxygens (including phenoxy) is 1. The van der Waals surface area contributed by atoms with E-state index in [2.05, 4.69) is 5.32 Å². The lowest BCUT2D eigenvalue weighted by Gasteiger charge is -2.12. The maximum atomic E-state index is 11.4. The van der Waals surface area contributed by atoms with Crippen LogP contribution in [0.25, 0.3) is 0 Å². The summed E-state index contributed by atoms with van der Waals surface area (Å²) in [5, 5.41) is 3.14. The normalized spacial score (nSPS) is 10.1. The number of carbonyl (C=O) groups excluding carboxylic acids is 1. The Kier molecular flexibility index (Phi) is 4.10. The largest absolute Gasteiger partial charge is 0.494 e. The Balaban J connectivity index is 2.30. The van der Waals surface area contributed by atoms with Crippen LogP contribution in [-0.2, 0) is 0 Å². The van der Waals surface area contributed by atoms with E-state index in [0.717, 1.165) is 11.4 Å². The van der Waals surface area contributed by atoms with Crippen LogP contribution in [0.5, 0.6) is 5.75 Å². The highest BCUT2D eigenvalue weighted by Crippen LogP contribution is 2.25. The Morgan fingerprint density at radius 1 is 1.25 bits per heavy atom. The number of anilines is 3. The van der Waals surface area contributed by atoms with E-state index in [1.165, 1.54) is 0 Å². The predicted octanol–water partition coefficient (Wildman–Crippen LogP) is 2.51. The van der Waals surface area contributed by atoms with E-state index < -0.39 is 5.91 Å². The molecule has 0 aliphatic rings. The van der Waals surface area contributed by atoms with Gasteiger partial charge in [-0.3, -0.25) is 4.79 Å². The average molecular weight is 271 g/mol. The molecule has 0 aliphatic heterocycles. The average Bonchev–Trinajstić information content (AvgIpc) is 2.41. The molecule has 0 aliphatic carbocycles. The molecule has 2 rings (SSSR count). The van der Waals surface area contributed by atoms with Gasteiger partial charge in [-0.15, -0.1) is 0 Å². The van der Waals surface area contributed by atoms with Crippen LogP contribution in [-0.4, -0.2) is 12.5 Å². The van der Waals surface area contributed by atoms with E-state index in [-0.39, 0.29) is 0 Å². The van der Waals surface area contributed by atoms with E-state index in [1.54, 1.807) is 18.2 Å². The van der Waals surface area contributed by atoms with Crippen LogP contribution < -0.4 is 21.5 Å². The second kappa shape index (κ2) is 5.97. The van der Waals surface area contributed by atoms with Gasteiger partial charge in [0.05, 0.1) is 17.9 Å². The molecule has 2 aromatic rings. The second-order valence-corrected chi connectivity index (χ2v) is 4.26. The molecule has 5 heteroatoms. The number of rotatable bonds is 5. The number of nitrogen functional groups attached to an aromatic ring is 1. The van der Waals surface area contributed by atoms with Gasteiger partial charge in [0.15, 0.2) is 0 Å². The van der Waals surface area contributed by atoms with Gasteiger partial charge >= 0.3 is 0 Å². The summed E-state index contributed by atoms with van der Waals surface area (Å²) in [6, 6.07) is 12.5. The van der Waals surface area contributed by atoms with Crippen LogP contribution in [0.1, 0.15) is 17.3 Å². The maximum absolute atomic E-state index is 11.4. The number of benzene rings is 2. The van der Waals surface area contributed by atoms with Crippen LogP contribution in [0.4, 0.5) is 17.1 Å². The highest BCUT2D eigenvalue weighted by molar-refractivity contribution is 6.00. The van der Waals surface area contributed by atoms with Gasteiger partial charge in [-0.05, 0) is 37.3 Å². The highest BCUT2D eigenvalue weighted by atomic mass is 16.5. The summed E-state index contributed by atoms with van der Waals surface area (Å²) in [4.78, 5) is 11.4. The predicted molar refractivity (Wildman–Crippen MR) is 80.3 cm³/mol. The van der Waals surface area contributed by atoms with Crippen molar-refractivity contribution in [3.8, 4) is 5.75 Å². The molecule has 0 radical (unpaired) electrons. The van der Waals surface area contributed by atoms with Crippen LogP contribution in [0.15, 0.2) is 42.5 Å². The van der Waals surface area contributed by atoms with E-state index in [4.69, 9.17) is 16.2 Å². The molecule has 0 unspecified atom stereocenters. The molecule has 0 saturated carbocycles. The van der Waals surface area contributed by atoms with Crippen LogP contribution in [0.2, 0.25) is 0 Å². The lowest BCUT2D eigenvalue weighted by Crippen LogP contribution is -2.13. The number of amides is 1. The topological polar surface area (TPSA) is 90.4 Å². The van der Waals surface area contributed by atoms with Crippen molar-refractivity contribution < 1.29 is 9.53 Å². The fourth-order valence-electron chi connectivity index (χ4n) is 1.86. The molecule has 0 bridgehead atoms. The zero-order valence-corrected chi connectivity index (χ0v) is 11.2. The molecule has 0 saturated heterocycles. The first-order valence-electron chi connectivity index (χ1n) is 6.29. The van der Waals surface area contributed by atoms with Crippen LogP contribution in [0.3, 0.4) is 0 Å². The summed E-state index contributed by atoms with van der Waals surface area (Å²) in [7, 11) is 0. The van der Waals surface area contributed by atoms with E-state index in [9.17, 15) is 4.79 Å². The maximum Gasteiger partial charge on any atom is 0.250 e. The van der Waals surface area contributed by atoms with Crippen molar-refractivity contribution in [2.45, 2.75) is 6.92 Å². The van der Waals surface area contributed by atoms with Crippen molar-refractivity contribution in [1.82, 2.24) is 0 Å². The Bertz CT molecular complexity index is 626. The Morgan fingerprint density at radius 3 is 2.75 bits per heavy atom. The van der Waals surface area contributed by atoms with Crippen LogP contribution in [0, 0.1) is 0 Å². The van der Waals surface area contributed by atoms with Crippen molar-refractivity contribution in [3.05, 3.63) is 48.0 Å². The standard InChI is InChI=1S/C15H17N3O2/c1-2-20-12-5-3-4-11(9-12)18-14-7-6-10(16)8-13(14)15(17)19/h3-9,18H,2,16H2,1H3,(H2,17,19). The lowest BCUT2D eigenvalue weighted by molar-refractivity contribution is 0.100. The Morgan fingerprint density at radius 2 is 2.05 bits per heavy atom. The van der Waals surface area contributed by atoms with Crippen molar-refractivity contribution in [2.75, 3.05) is 17.7 Å². The molecule has 0 atom stereocenters. The summed E-state index contributed by atoms with van der Waals surface area (Å²) in [5.41, 5.74) is 13.3. The first-order valence-corrected chi connectivity index (χ1v) is 6.29. The van der Waals surface area contributed by atoms with Gasteiger partial charge < -0.3 is 21.5 Å². The number of hydrogen-bond acceptors (Lipinski definition) is 4. The summed E-state index contributed by atoms with van der Waals surface area (Å²) in [6.45, 7) is 2.52. The summed E-state index contributed by atoms with van der Waals surface area (Å²) in [6.07, 6.45) is 0. The van der Waals surface area contributed by atoms with Gasteiger partial charge in [0.25, 0.3) is 5.91 Å². The fourth-order valence-corrected chi connectivity index (χ4v) is 1.86. The molecule has 0 fully saturated rings. The minimum Gasteiger partial charge on any atom is -0.494 e. The molecule has 104 valence electrons. The van der Waals surface area contributed by atoms with E-state index in [0.29, 0.717) is 23.5 Å².